The molecule has 1 heterocycles. The van der Waals surface area contributed by atoms with Gasteiger partial charge < -0.3 is 19.9 Å². The monoisotopic (exact) mass is 339 g/mol. The Bertz CT molecular complexity index is 627. The van der Waals surface area contributed by atoms with Crippen LogP contribution in [0, 0.1) is 0 Å². The second-order valence-electron chi connectivity index (χ2n) is 5.10. The Hall–Kier alpha value is -2.28. The molecular formula is C15H18ClN3O4. The summed E-state index contributed by atoms with van der Waals surface area (Å²) in [7, 11) is 1.46. The Morgan fingerprint density at radius 3 is 2.30 bits per heavy atom. The maximum atomic E-state index is 12.2. The highest BCUT2D eigenvalue weighted by Crippen LogP contribution is 2.27. The summed E-state index contributed by atoms with van der Waals surface area (Å²) in [5, 5.41) is 2.93. The number of ether oxygens (including phenoxy) is 1. The van der Waals surface area contributed by atoms with Gasteiger partial charge in [-0.2, -0.15) is 0 Å². The normalized spacial score (nSPS) is 14.4. The van der Waals surface area contributed by atoms with Crippen molar-refractivity contribution in [1.82, 2.24) is 9.80 Å². The number of piperazine rings is 1. The molecule has 1 aromatic carbocycles. The highest BCUT2D eigenvalue weighted by molar-refractivity contribution is 6.40. The highest BCUT2D eigenvalue weighted by atomic mass is 35.5. The fourth-order valence-corrected chi connectivity index (χ4v) is 2.49. The zero-order valence-electron chi connectivity index (χ0n) is 13.0. The van der Waals surface area contributed by atoms with Crippen molar-refractivity contribution >= 4 is 35.0 Å². The van der Waals surface area contributed by atoms with Gasteiger partial charge in [-0.25, -0.2) is 0 Å². The van der Waals surface area contributed by atoms with E-state index in [9.17, 15) is 14.4 Å². The summed E-state index contributed by atoms with van der Waals surface area (Å²) >= 11 is 5.89. The molecule has 0 saturated carbocycles. The number of rotatable bonds is 2. The fourth-order valence-electron chi connectivity index (χ4n) is 2.32. The average Bonchev–Trinajstić information content (AvgIpc) is 2.54. The lowest BCUT2D eigenvalue weighted by molar-refractivity contribution is -0.145. The van der Waals surface area contributed by atoms with Crippen LogP contribution in [0.3, 0.4) is 0 Å². The molecule has 0 radical (unpaired) electrons. The third kappa shape index (κ3) is 4.13. The molecule has 23 heavy (non-hydrogen) atoms. The third-order valence-corrected chi connectivity index (χ3v) is 3.85. The Morgan fingerprint density at radius 1 is 1.13 bits per heavy atom. The van der Waals surface area contributed by atoms with E-state index in [2.05, 4.69) is 5.32 Å². The number of anilines is 1. The molecule has 7 nitrogen and oxygen atoms in total. The Morgan fingerprint density at radius 2 is 1.74 bits per heavy atom. The number of carbonyl (C=O) groups is 3. The molecule has 1 saturated heterocycles. The molecule has 0 spiro atoms. The summed E-state index contributed by atoms with van der Waals surface area (Å²) < 4.78 is 5.12. The van der Waals surface area contributed by atoms with Crippen molar-refractivity contribution in [3.8, 4) is 5.75 Å². The van der Waals surface area contributed by atoms with Crippen molar-refractivity contribution < 1.29 is 19.1 Å². The smallest absolute Gasteiger partial charge is 0.314 e. The Balaban J connectivity index is 2.00. The van der Waals surface area contributed by atoms with Crippen molar-refractivity contribution in [3.05, 3.63) is 23.2 Å². The molecule has 1 fully saturated rings. The molecule has 0 atom stereocenters. The molecule has 0 unspecified atom stereocenters. The number of nitrogens with one attached hydrogen (secondary N) is 1. The summed E-state index contributed by atoms with van der Waals surface area (Å²) in [5.74, 6) is -1.03. The van der Waals surface area contributed by atoms with Gasteiger partial charge in [-0.05, 0) is 18.2 Å². The predicted octanol–water partition coefficient (Wildman–Crippen LogP) is 0.978. The zero-order valence-corrected chi connectivity index (χ0v) is 13.7. The maximum absolute atomic E-state index is 12.2. The van der Waals surface area contributed by atoms with Gasteiger partial charge in [0, 0.05) is 38.1 Å². The maximum Gasteiger partial charge on any atom is 0.314 e. The molecule has 1 aromatic rings. The first-order valence-corrected chi connectivity index (χ1v) is 7.49. The third-order valence-electron chi connectivity index (χ3n) is 3.62. The standard InChI is InChI=1S/C15H18ClN3O4/c1-10(20)18-5-7-19(8-6-18)15(22)14(21)17-12-9-11(16)3-4-13(12)23-2/h3-4,9H,5-8H2,1-2H3,(H,17,21). The van der Waals surface area contributed by atoms with Crippen LogP contribution in [0.25, 0.3) is 0 Å². The first-order valence-electron chi connectivity index (χ1n) is 7.11. The van der Waals surface area contributed by atoms with Crippen LogP contribution >= 0.6 is 11.6 Å². The Labute approximate surface area is 139 Å². The van der Waals surface area contributed by atoms with Gasteiger partial charge in [0.2, 0.25) is 5.91 Å². The van der Waals surface area contributed by atoms with E-state index >= 15 is 0 Å². The molecule has 124 valence electrons. The van der Waals surface area contributed by atoms with Gasteiger partial charge in [0.1, 0.15) is 5.75 Å². The number of hydrogen-bond acceptors (Lipinski definition) is 4. The fraction of sp³-hybridized carbons (Fsp3) is 0.400. The lowest BCUT2D eigenvalue weighted by atomic mass is 10.2. The van der Waals surface area contributed by atoms with Crippen LogP contribution in [-0.4, -0.2) is 60.8 Å². The van der Waals surface area contributed by atoms with E-state index in [0.717, 1.165) is 0 Å². The van der Waals surface area contributed by atoms with E-state index in [4.69, 9.17) is 16.3 Å². The zero-order chi connectivity index (χ0) is 17.0. The van der Waals surface area contributed by atoms with Crippen LogP contribution < -0.4 is 10.1 Å². The number of hydrogen-bond donors (Lipinski definition) is 1. The topological polar surface area (TPSA) is 79.0 Å². The van der Waals surface area contributed by atoms with Crippen molar-refractivity contribution in [3.63, 3.8) is 0 Å². The number of benzene rings is 1. The van der Waals surface area contributed by atoms with E-state index in [1.807, 2.05) is 0 Å². The molecule has 1 N–H and O–H groups in total. The highest BCUT2D eigenvalue weighted by Gasteiger charge is 2.27. The van der Waals surface area contributed by atoms with Crippen LogP contribution in [0.4, 0.5) is 5.69 Å². The van der Waals surface area contributed by atoms with Crippen LogP contribution in [-0.2, 0) is 14.4 Å². The minimum atomic E-state index is -0.762. The molecule has 0 aromatic heterocycles. The lowest BCUT2D eigenvalue weighted by Gasteiger charge is -2.33. The summed E-state index contributed by atoms with van der Waals surface area (Å²) in [5.41, 5.74) is 0.334. The van der Waals surface area contributed by atoms with Gasteiger partial charge in [0.25, 0.3) is 0 Å². The van der Waals surface area contributed by atoms with Crippen molar-refractivity contribution in [2.45, 2.75) is 6.92 Å². The number of halogens is 1. The van der Waals surface area contributed by atoms with E-state index < -0.39 is 11.8 Å². The molecule has 0 bridgehead atoms. The summed E-state index contributed by atoms with van der Waals surface area (Å²) in [6, 6.07) is 4.74. The van der Waals surface area contributed by atoms with E-state index in [1.54, 1.807) is 17.0 Å². The van der Waals surface area contributed by atoms with Crippen LogP contribution in [0.5, 0.6) is 5.75 Å². The summed E-state index contributed by atoms with van der Waals surface area (Å²) in [6.07, 6.45) is 0. The van der Waals surface area contributed by atoms with Gasteiger partial charge in [-0.3, -0.25) is 14.4 Å². The molecule has 1 aliphatic rings. The van der Waals surface area contributed by atoms with Crippen LogP contribution in [0.1, 0.15) is 6.92 Å². The Kier molecular flexibility index (Phi) is 5.44. The van der Waals surface area contributed by atoms with Crippen molar-refractivity contribution in [2.24, 2.45) is 0 Å². The van der Waals surface area contributed by atoms with Crippen LogP contribution in [0.2, 0.25) is 5.02 Å². The van der Waals surface area contributed by atoms with E-state index in [1.165, 1.54) is 25.0 Å². The minimum Gasteiger partial charge on any atom is -0.495 e. The van der Waals surface area contributed by atoms with Gasteiger partial charge in [-0.15, -0.1) is 0 Å². The number of carbonyl (C=O) groups excluding carboxylic acids is 3. The van der Waals surface area contributed by atoms with Crippen molar-refractivity contribution in [2.75, 3.05) is 38.6 Å². The number of methoxy groups -OCH3 is 1. The van der Waals surface area contributed by atoms with Crippen molar-refractivity contribution in [1.29, 1.82) is 0 Å². The summed E-state index contributed by atoms with van der Waals surface area (Å²) in [4.78, 5) is 38.7. The van der Waals surface area contributed by atoms with Crippen LogP contribution in [0.15, 0.2) is 18.2 Å². The first kappa shape index (κ1) is 17.1. The largest absolute Gasteiger partial charge is 0.495 e. The lowest BCUT2D eigenvalue weighted by Crippen LogP contribution is -2.52. The van der Waals surface area contributed by atoms with Gasteiger partial charge in [0.05, 0.1) is 12.8 Å². The molecule has 2 rings (SSSR count). The number of amides is 3. The predicted molar refractivity (Wildman–Crippen MR) is 85.5 cm³/mol. The van der Waals surface area contributed by atoms with E-state index in [0.29, 0.717) is 42.6 Å². The molecule has 0 aliphatic carbocycles. The first-order chi connectivity index (χ1) is 10.9. The summed E-state index contributed by atoms with van der Waals surface area (Å²) in [6.45, 7) is 3.00. The molecule has 1 aliphatic heterocycles. The van der Waals surface area contributed by atoms with Gasteiger partial charge >= 0.3 is 11.8 Å². The second kappa shape index (κ2) is 7.32. The molecular weight excluding hydrogens is 322 g/mol. The molecule has 8 heteroatoms. The molecule has 3 amide bonds. The van der Waals surface area contributed by atoms with Gasteiger partial charge in [0.15, 0.2) is 0 Å². The van der Waals surface area contributed by atoms with Gasteiger partial charge in [-0.1, -0.05) is 11.6 Å². The quantitative estimate of drug-likeness (QED) is 0.815. The van der Waals surface area contributed by atoms with E-state index in [-0.39, 0.29) is 5.91 Å². The number of nitrogens with zero attached hydrogens (tertiary/aromatic N) is 2. The second-order valence-corrected chi connectivity index (χ2v) is 5.53. The average molecular weight is 340 g/mol. The minimum absolute atomic E-state index is 0.0368. The SMILES string of the molecule is COc1ccc(Cl)cc1NC(=O)C(=O)N1CCN(C(C)=O)CC1.